The zero-order valence-electron chi connectivity index (χ0n) is 7.67. The normalized spacial score (nSPS) is 16.0. The van der Waals surface area contributed by atoms with Gasteiger partial charge in [0.05, 0.1) is 0 Å². The van der Waals surface area contributed by atoms with Gasteiger partial charge in [0.15, 0.2) is 0 Å². The topological polar surface area (TPSA) is 9.23 Å². The Labute approximate surface area is 81.7 Å². The van der Waals surface area contributed by atoms with Crippen molar-refractivity contribution in [1.82, 2.24) is 0 Å². The Kier molecular flexibility index (Phi) is 2.40. The lowest BCUT2D eigenvalue weighted by Crippen LogP contribution is -2.04. The molecule has 0 unspecified atom stereocenters. The largest absolute Gasteiger partial charge is 0.435 e. The van der Waals surface area contributed by atoms with Crippen molar-refractivity contribution in [2.75, 3.05) is 0 Å². The molecule has 0 amide bonds. The van der Waals surface area contributed by atoms with Crippen LogP contribution < -0.4 is 4.74 Å². The van der Waals surface area contributed by atoms with Gasteiger partial charge in [0.25, 0.3) is 0 Å². The minimum absolute atomic E-state index is 0.301. The highest BCUT2D eigenvalue weighted by atomic mass is 19.3. The van der Waals surface area contributed by atoms with Crippen molar-refractivity contribution in [3.8, 4) is 5.75 Å². The number of hydrogen-bond donors (Lipinski definition) is 0. The Balaban J connectivity index is 2.27. The number of hydrogen-bond acceptors (Lipinski definition) is 1. The highest BCUT2D eigenvalue weighted by molar-refractivity contribution is 5.42. The van der Waals surface area contributed by atoms with Crippen LogP contribution >= 0.6 is 0 Å². The molecule has 1 fully saturated rings. The summed E-state index contributed by atoms with van der Waals surface area (Å²) < 4.78 is 28.5. The van der Waals surface area contributed by atoms with Gasteiger partial charge in [0.1, 0.15) is 5.75 Å². The van der Waals surface area contributed by atoms with Crippen molar-refractivity contribution >= 4 is 0 Å². The maximum absolute atomic E-state index is 12.0. The molecule has 0 spiro atoms. The van der Waals surface area contributed by atoms with Gasteiger partial charge in [-0.25, -0.2) is 0 Å². The smallest absolute Gasteiger partial charge is 0.387 e. The van der Waals surface area contributed by atoms with E-state index in [1.807, 2.05) is 6.07 Å². The maximum Gasteiger partial charge on any atom is 0.387 e. The second kappa shape index (κ2) is 3.56. The van der Waals surface area contributed by atoms with E-state index in [4.69, 9.17) is 0 Å². The molecule has 3 heteroatoms. The molecule has 75 valence electrons. The Bertz CT molecular complexity index is 332. The molecule has 1 saturated carbocycles. The summed E-state index contributed by atoms with van der Waals surface area (Å²) in [6.07, 6.45) is 2.12. The fraction of sp³-hybridized carbons (Fsp3) is 0.364. The zero-order chi connectivity index (χ0) is 10.1. The van der Waals surface area contributed by atoms with E-state index in [0.29, 0.717) is 11.7 Å². The quantitative estimate of drug-likeness (QED) is 0.722. The second-order valence-electron chi connectivity index (χ2n) is 3.52. The Morgan fingerprint density at radius 3 is 2.64 bits per heavy atom. The highest BCUT2D eigenvalue weighted by Crippen LogP contribution is 2.44. The van der Waals surface area contributed by atoms with Crippen LogP contribution in [-0.4, -0.2) is 6.61 Å². The Hall–Kier alpha value is -1.12. The number of alkyl halides is 2. The predicted molar refractivity (Wildman–Crippen MR) is 49.5 cm³/mol. The summed E-state index contributed by atoms with van der Waals surface area (Å²) in [6.45, 7) is 1.02. The van der Waals surface area contributed by atoms with Gasteiger partial charge in [-0.05, 0) is 42.9 Å². The van der Waals surface area contributed by atoms with E-state index in [1.165, 1.54) is 0 Å². The molecule has 1 aromatic carbocycles. The van der Waals surface area contributed by atoms with Crippen LogP contribution in [0.4, 0.5) is 8.78 Å². The molecule has 0 atom stereocenters. The third-order valence-corrected chi connectivity index (χ3v) is 2.31. The summed E-state index contributed by atoms with van der Waals surface area (Å²) in [7, 11) is 0. The first kappa shape index (κ1) is 9.44. The molecular formula is C11H11F2O. The molecule has 2 rings (SSSR count). The molecule has 0 heterocycles. The molecule has 1 aromatic rings. The predicted octanol–water partition coefficient (Wildman–Crippen LogP) is 3.35. The molecule has 14 heavy (non-hydrogen) atoms. The SMILES string of the molecule is [CH2]c1ccc(OC(F)F)c(C2CC2)c1. The summed E-state index contributed by atoms with van der Waals surface area (Å²) in [5.41, 5.74) is 1.71. The van der Waals surface area contributed by atoms with Crippen LogP contribution in [0.25, 0.3) is 0 Å². The highest BCUT2D eigenvalue weighted by Gasteiger charge is 2.27. The molecule has 1 aliphatic rings. The molecule has 0 saturated heterocycles. The lowest BCUT2D eigenvalue weighted by molar-refractivity contribution is -0.0504. The van der Waals surface area contributed by atoms with Crippen LogP contribution in [0, 0.1) is 6.92 Å². The van der Waals surface area contributed by atoms with E-state index in [9.17, 15) is 8.78 Å². The molecule has 0 N–H and O–H groups in total. The lowest BCUT2D eigenvalue weighted by Gasteiger charge is -2.10. The van der Waals surface area contributed by atoms with Crippen molar-refractivity contribution in [2.24, 2.45) is 0 Å². The van der Waals surface area contributed by atoms with Crippen LogP contribution in [-0.2, 0) is 0 Å². The Morgan fingerprint density at radius 1 is 1.36 bits per heavy atom. The van der Waals surface area contributed by atoms with Crippen LogP contribution in [0.15, 0.2) is 18.2 Å². The van der Waals surface area contributed by atoms with Crippen molar-refractivity contribution in [1.29, 1.82) is 0 Å². The van der Waals surface area contributed by atoms with Crippen LogP contribution in [0.5, 0.6) is 5.75 Å². The molecule has 0 bridgehead atoms. The molecular weight excluding hydrogens is 186 g/mol. The van der Waals surface area contributed by atoms with Gasteiger partial charge >= 0.3 is 6.61 Å². The number of benzene rings is 1. The standard InChI is InChI=1S/C11H11F2O/c1-7-2-5-10(14-11(12)13)9(6-7)8-3-4-8/h2,5-6,8,11H,1,3-4H2. The average Bonchev–Trinajstić information content (AvgIpc) is 2.90. The van der Waals surface area contributed by atoms with Gasteiger partial charge in [-0.1, -0.05) is 12.1 Å². The minimum atomic E-state index is -2.75. The summed E-state index contributed by atoms with van der Waals surface area (Å²) in [6, 6.07) is 5.08. The maximum atomic E-state index is 12.0. The minimum Gasteiger partial charge on any atom is -0.435 e. The van der Waals surface area contributed by atoms with Crippen LogP contribution in [0.1, 0.15) is 29.9 Å². The van der Waals surface area contributed by atoms with Crippen LogP contribution in [0.3, 0.4) is 0 Å². The summed E-state index contributed by atoms with van der Waals surface area (Å²) >= 11 is 0. The van der Waals surface area contributed by atoms with Gasteiger partial charge in [-0.15, -0.1) is 0 Å². The van der Waals surface area contributed by atoms with Gasteiger partial charge in [0, 0.05) is 0 Å². The van der Waals surface area contributed by atoms with E-state index in [-0.39, 0.29) is 0 Å². The van der Waals surface area contributed by atoms with Gasteiger partial charge in [0.2, 0.25) is 0 Å². The fourth-order valence-electron chi connectivity index (χ4n) is 1.51. The summed E-state index contributed by atoms with van der Waals surface area (Å²) in [5.74, 6) is 0.695. The van der Waals surface area contributed by atoms with Crippen molar-refractivity contribution in [2.45, 2.75) is 25.4 Å². The van der Waals surface area contributed by atoms with E-state index < -0.39 is 6.61 Å². The number of halogens is 2. The summed E-state index contributed by atoms with van der Waals surface area (Å²) in [4.78, 5) is 0. The second-order valence-corrected chi connectivity index (χ2v) is 3.52. The van der Waals surface area contributed by atoms with Crippen molar-refractivity contribution < 1.29 is 13.5 Å². The molecule has 1 radical (unpaired) electrons. The number of ether oxygens (including phenoxy) is 1. The van der Waals surface area contributed by atoms with Crippen molar-refractivity contribution in [3.63, 3.8) is 0 Å². The van der Waals surface area contributed by atoms with E-state index >= 15 is 0 Å². The first-order valence-corrected chi connectivity index (χ1v) is 4.57. The molecule has 0 aliphatic heterocycles. The molecule has 1 nitrogen and oxygen atoms in total. The first-order valence-electron chi connectivity index (χ1n) is 4.57. The Morgan fingerprint density at radius 2 is 2.07 bits per heavy atom. The van der Waals surface area contributed by atoms with E-state index in [2.05, 4.69) is 11.7 Å². The third kappa shape index (κ3) is 2.03. The van der Waals surface area contributed by atoms with Crippen LogP contribution in [0.2, 0.25) is 0 Å². The van der Waals surface area contributed by atoms with E-state index in [0.717, 1.165) is 24.0 Å². The first-order chi connectivity index (χ1) is 6.66. The summed E-state index contributed by atoms with van der Waals surface area (Å²) in [5, 5.41) is 0. The van der Waals surface area contributed by atoms with E-state index in [1.54, 1.807) is 12.1 Å². The van der Waals surface area contributed by atoms with Gasteiger partial charge < -0.3 is 4.74 Å². The van der Waals surface area contributed by atoms with Gasteiger partial charge in [-0.3, -0.25) is 0 Å². The average molecular weight is 197 g/mol. The molecule has 1 aliphatic carbocycles. The lowest BCUT2D eigenvalue weighted by atomic mass is 10.1. The van der Waals surface area contributed by atoms with Gasteiger partial charge in [-0.2, -0.15) is 8.78 Å². The third-order valence-electron chi connectivity index (χ3n) is 2.31. The van der Waals surface area contributed by atoms with Crippen molar-refractivity contribution in [3.05, 3.63) is 36.2 Å². The number of rotatable bonds is 3. The molecule has 0 aromatic heterocycles. The fourth-order valence-corrected chi connectivity index (χ4v) is 1.51. The zero-order valence-corrected chi connectivity index (χ0v) is 7.67. The monoisotopic (exact) mass is 197 g/mol.